The van der Waals surface area contributed by atoms with Crippen LogP contribution in [0, 0.1) is 17.8 Å². The van der Waals surface area contributed by atoms with Gasteiger partial charge in [0.2, 0.25) is 11.8 Å². The summed E-state index contributed by atoms with van der Waals surface area (Å²) in [5, 5.41) is 15.4. The van der Waals surface area contributed by atoms with Crippen molar-refractivity contribution in [1.82, 2.24) is 10.6 Å². The Labute approximate surface area is 148 Å². The van der Waals surface area contributed by atoms with Crippen LogP contribution in [-0.4, -0.2) is 35.6 Å². The molecule has 1 aromatic rings. The molecule has 1 aromatic carbocycles. The molecule has 0 heterocycles. The van der Waals surface area contributed by atoms with Gasteiger partial charge in [0, 0.05) is 24.6 Å². The minimum atomic E-state index is -0.605. The Kier molecular flexibility index (Phi) is 5.53. The highest BCUT2D eigenvalue weighted by Gasteiger charge is 2.47. The fraction of sp³-hybridized carbons (Fsp3) is 0.500. The van der Waals surface area contributed by atoms with Crippen molar-refractivity contribution in [3.8, 4) is 0 Å². The van der Waals surface area contributed by atoms with Gasteiger partial charge in [0.25, 0.3) is 0 Å². The van der Waals surface area contributed by atoms with Crippen LogP contribution in [0.5, 0.6) is 0 Å². The summed E-state index contributed by atoms with van der Waals surface area (Å²) in [5.41, 5.74) is 0.933. The topological polar surface area (TPSA) is 78.4 Å². The minimum absolute atomic E-state index is 0.0375. The third-order valence-electron chi connectivity index (χ3n) is 5.59. The number of benzene rings is 1. The lowest BCUT2D eigenvalue weighted by Gasteiger charge is -2.31. The van der Waals surface area contributed by atoms with Gasteiger partial charge in [-0.1, -0.05) is 30.3 Å². The molecule has 2 saturated carbocycles. The van der Waals surface area contributed by atoms with E-state index >= 15 is 0 Å². The van der Waals surface area contributed by atoms with Crippen LogP contribution in [0.15, 0.2) is 36.4 Å². The zero-order valence-electron chi connectivity index (χ0n) is 14.5. The zero-order chi connectivity index (χ0) is 17.8. The lowest BCUT2D eigenvalue weighted by Crippen LogP contribution is -2.52. The molecule has 0 aliphatic heterocycles. The normalized spacial score (nSPS) is 28.9. The van der Waals surface area contributed by atoms with Gasteiger partial charge in [-0.3, -0.25) is 9.59 Å². The first-order valence-corrected chi connectivity index (χ1v) is 9.03. The summed E-state index contributed by atoms with van der Waals surface area (Å²) in [6, 6.07) is 8.97. The van der Waals surface area contributed by atoms with E-state index in [2.05, 4.69) is 10.6 Å². The molecule has 5 heteroatoms. The van der Waals surface area contributed by atoms with E-state index in [1.54, 1.807) is 13.0 Å². The molecule has 5 unspecified atom stereocenters. The van der Waals surface area contributed by atoms with Crippen LogP contribution in [0.25, 0.3) is 6.08 Å². The number of fused-ring (bicyclic) bond motifs is 2. The van der Waals surface area contributed by atoms with E-state index in [0.29, 0.717) is 11.8 Å². The average Bonchev–Trinajstić information content (AvgIpc) is 3.22. The Balaban J connectivity index is 1.51. The SMILES string of the molecule is CC(NC(=O)/C=C/c1ccccc1)C(=O)NC1C2CCC(C2)C1CO. The number of aliphatic hydroxyl groups excluding tert-OH is 1. The Hall–Kier alpha value is -2.14. The van der Waals surface area contributed by atoms with Crippen molar-refractivity contribution in [2.45, 2.75) is 38.3 Å². The van der Waals surface area contributed by atoms with Gasteiger partial charge in [-0.05, 0) is 49.7 Å². The molecule has 2 aliphatic carbocycles. The molecule has 3 rings (SSSR count). The smallest absolute Gasteiger partial charge is 0.244 e. The Morgan fingerprint density at radius 2 is 1.96 bits per heavy atom. The molecule has 25 heavy (non-hydrogen) atoms. The number of nitrogens with one attached hydrogen (secondary N) is 2. The quantitative estimate of drug-likeness (QED) is 0.689. The first-order chi connectivity index (χ1) is 12.1. The molecule has 5 nitrogen and oxygen atoms in total. The number of carbonyl (C=O) groups excluding carboxylic acids is 2. The highest BCUT2D eigenvalue weighted by atomic mass is 16.3. The van der Waals surface area contributed by atoms with E-state index in [4.69, 9.17) is 0 Å². The lowest BCUT2D eigenvalue weighted by molar-refractivity contribution is -0.127. The maximum Gasteiger partial charge on any atom is 0.244 e. The van der Waals surface area contributed by atoms with Crippen LogP contribution in [0.1, 0.15) is 31.7 Å². The summed E-state index contributed by atoms with van der Waals surface area (Å²) in [4.78, 5) is 24.4. The van der Waals surface area contributed by atoms with E-state index in [1.807, 2.05) is 30.3 Å². The number of carbonyl (C=O) groups is 2. The molecule has 0 saturated heterocycles. The summed E-state index contributed by atoms with van der Waals surface area (Å²) in [6.45, 7) is 1.80. The molecule has 5 atom stereocenters. The molecule has 0 aromatic heterocycles. The van der Waals surface area contributed by atoms with Crippen molar-refractivity contribution in [3.63, 3.8) is 0 Å². The second-order valence-electron chi connectivity index (χ2n) is 7.19. The molecule has 3 N–H and O–H groups in total. The van der Waals surface area contributed by atoms with Crippen LogP contribution >= 0.6 is 0 Å². The van der Waals surface area contributed by atoms with Crippen molar-refractivity contribution in [2.24, 2.45) is 17.8 Å². The fourth-order valence-electron chi connectivity index (χ4n) is 4.25. The van der Waals surface area contributed by atoms with E-state index in [-0.39, 0.29) is 30.4 Å². The predicted molar refractivity (Wildman–Crippen MR) is 96.4 cm³/mol. The molecule has 0 spiro atoms. The number of rotatable bonds is 6. The first-order valence-electron chi connectivity index (χ1n) is 9.03. The van der Waals surface area contributed by atoms with E-state index in [1.165, 1.54) is 6.08 Å². The first kappa shape index (κ1) is 17.7. The Bertz CT molecular complexity index is 644. The molecule has 2 bridgehead atoms. The highest BCUT2D eigenvalue weighted by Crippen LogP contribution is 2.48. The Morgan fingerprint density at radius 1 is 1.24 bits per heavy atom. The number of amides is 2. The second-order valence-corrected chi connectivity index (χ2v) is 7.19. The van der Waals surface area contributed by atoms with Crippen molar-refractivity contribution in [2.75, 3.05) is 6.61 Å². The van der Waals surface area contributed by atoms with Crippen molar-refractivity contribution in [1.29, 1.82) is 0 Å². The van der Waals surface area contributed by atoms with Gasteiger partial charge < -0.3 is 15.7 Å². The molecule has 0 radical (unpaired) electrons. The van der Waals surface area contributed by atoms with Crippen molar-refractivity contribution < 1.29 is 14.7 Å². The predicted octanol–water partition coefficient (Wildman–Crippen LogP) is 1.73. The van der Waals surface area contributed by atoms with Crippen LogP contribution in [-0.2, 0) is 9.59 Å². The summed E-state index contributed by atoms with van der Waals surface area (Å²) in [7, 11) is 0. The summed E-state index contributed by atoms with van der Waals surface area (Å²) < 4.78 is 0. The maximum atomic E-state index is 12.4. The third-order valence-corrected chi connectivity index (χ3v) is 5.59. The molecular weight excluding hydrogens is 316 g/mol. The molecule has 134 valence electrons. The van der Waals surface area contributed by atoms with Crippen LogP contribution < -0.4 is 10.6 Å². The largest absolute Gasteiger partial charge is 0.396 e. The molecular formula is C20H26N2O3. The van der Waals surface area contributed by atoms with Crippen LogP contribution in [0.2, 0.25) is 0 Å². The van der Waals surface area contributed by atoms with Gasteiger partial charge in [0.05, 0.1) is 0 Å². The summed E-state index contributed by atoms with van der Waals surface area (Å²) in [6.07, 6.45) is 6.52. The van der Waals surface area contributed by atoms with Gasteiger partial charge >= 0.3 is 0 Å². The molecule has 2 fully saturated rings. The highest BCUT2D eigenvalue weighted by molar-refractivity contribution is 5.95. The lowest BCUT2D eigenvalue weighted by atomic mass is 9.85. The van der Waals surface area contributed by atoms with E-state index in [9.17, 15) is 14.7 Å². The monoisotopic (exact) mass is 342 g/mol. The third kappa shape index (κ3) is 4.10. The number of hydrogen-bond donors (Lipinski definition) is 3. The van der Waals surface area contributed by atoms with Gasteiger partial charge in [-0.15, -0.1) is 0 Å². The van der Waals surface area contributed by atoms with Crippen molar-refractivity contribution >= 4 is 17.9 Å². The van der Waals surface area contributed by atoms with Crippen LogP contribution in [0.3, 0.4) is 0 Å². The zero-order valence-corrected chi connectivity index (χ0v) is 14.5. The van der Waals surface area contributed by atoms with Gasteiger partial charge in [0.15, 0.2) is 0 Å². The minimum Gasteiger partial charge on any atom is -0.396 e. The van der Waals surface area contributed by atoms with E-state index in [0.717, 1.165) is 24.8 Å². The standard InChI is InChI=1S/C20H26N2O3/c1-13(21-18(24)10-7-14-5-3-2-4-6-14)20(25)22-19-16-9-8-15(11-16)17(19)12-23/h2-7,10,13,15-17,19,23H,8-9,11-12H2,1H3,(H,21,24)(H,22,25)/b10-7+. The van der Waals surface area contributed by atoms with Gasteiger partial charge in [-0.25, -0.2) is 0 Å². The second kappa shape index (κ2) is 7.83. The molecule has 2 amide bonds. The van der Waals surface area contributed by atoms with Gasteiger partial charge in [-0.2, -0.15) is 0 Å². The maximum absolute atomic E-state index is 12.4. The fourth-order valence-corrected chi connectivity index (χ4v) is 4.25. The summed E-state index contributed by atoms with van der Waals surface area (Å²) in [5.74, 6) is 0.671. The number of hydrogen-bond acceptors (Lipinski definition) is 3. The number of aliphatic hydroxyl groups is 1. The van der Waals surface area contributed by atoms with Gasteiger partial charge in [0.1, 0.15) is 6.04 Å². The average molecular weight is 342 g/mol. The van der Waals surface area contributed by atoms with Crippen LogP contribution in [0.4, 0.5) is 0 Å². The van der Waals surface area contributed by atoms with Crippen molar-refractivity contribution in [3.05, 3.63) is 42.0 Å². The van der Waals surface area contributed by atoms with E-state index < -0.39 is 6.04 Å². The Morgan fingerprint density at radius 3 is 2.68 bits per heavy atom. The molecule has 2 aliphatic rings. The summed E-state index contributed by atoms with van der Waals surface area (Å²) >= 11 is 0.